The summed E-state index contributed by atoms with van der Waals surface area (Å²) in [6.45, 7) is 9.92. The SMILES string of the molecule is Cc1cc2oc(=O)cc(CSc3nc(C)c(C)c(C)c3C#N)c2cc1C. The highest BCUT2D eigenvalue weighted by Crippen LogP contribution is 2.31. The predicted molar refractivity (Wildman–Crippen MR) is 105 cm³/mol. The lowest BCUT2D eigenvalue weighted by Crippen LogP contribution is -2.02. The number of fused-ring (bicyclic) bond motifs is 1. The van der Waals surface area contributed by atoms with Gasteiger partial charge in [0.05, 0.1) is 5.56 Å². The molecular weight excluding hydrogens is 344 g/mol. The quantitative estimate of drug-likeness (QED) is 0.489. The Morgan fingerprint density at radius 1 is 1.08 bits per heavy atom. The standard InChI is InChI=1S/C21H20N2O2S/c1-11-6-17-16(8-20(24)25-19(17)7-12(11)2)10-26-21-18(9-22)14(4)13(3)15(5)23-21/h6-8H,10H2,1-5H3. The summed E-state index contributed by atoms with van der Waals surface area (Å²) >= 11 is 1.48. The van der Waals surface area contributed by atoms with Crippen molar-refractivity contribution >= 4 is 22.7 Å². The molecule has 0 aliphatic carbocycles. The predicted octanol–water partition coefficient (Wildman–Crippen LogP) is 4.89. The number of thioether (sulfide) groups is 1. The Kier molecular flexibility index (Phi) is 4.88. The van der Waals surface area contributed by atoms with Crippen LogP contribution in [0.25, 0.3) is 11.0 Å². The molecule has 132 valence electrons. The third-order valence-electron chi connectivity index (χ3n) is 4.88. The number of pyridine rings is 1. The Morgan fingerprint density at radius 3 is 2.46 bits per heavy atom. The molecule has 1 aromatic carbocycles. The maximum absolute atomic E-state index is 11.9. The van der Waals surface area contributed by atoms with Gasteiger partial charge in [-0.15, -0.1) is 11.8 Å². The van der Waals surface area contributed by atoms with E-state index in [9.17, 15) is 10.1 Å². The Morgan fingerprint density at radius 2 is 1.77 bits per heavy atom. The number of nitriles is 1. The third-order valence-corrected chi connectivity index (χ3v) is 5.91. The molecule has 0 aliphatic rings. The van der Waals surface area contributed by atoms with Crippen LogP contribution in [0.5, 0.6) is 0 Å². The van der Waals surface area contributed by atoms with Gasteiger partial charge in [-0.25, -0.2) is 9.78 Å². The van der Waals surface area contributed by atoms with Crippen LogP contribution in [0.1, 0.15) is 39.1 Å². The number of aromatic nitrogens is 1. The van der Waals surface area contributed by atoms with Gasteiger partial charge in [-0.2, -0.15) is 5.26 Å². The molecule has 0 saturated carbocycles. The van der Waals surface area contributed by atoms with E-state index in [4.69, 9.17) is 4.42 Å². The molecular formula is C21H20N2O2S. The largest absolute Gasteiger partial charge is 0.423 e. The number of nitrogens with zero attached hydrogens (tertiary/aromatic N) is 2. The van der Waals surface area contributed by atoms with Crippen LogP contribution in [0, 0.1) is 45.9 Å². The summed E-state index contributed by atoms with van der Waals surface area (Å²) in [6, 6.07) is 7.75. The van der Waals surface area contributed by atoms with Crippen molar-refractivity contribution in [2.75, 3.05) is 0 Å². The summed E-state index contributed by atoms with van der Waals surface area (Å²) < 4.78 is 5.36. The highest BCUT2D eigenvalue weighted by molar-refractivity contribution is 7.98. The van der Waals surface area contributed by atoms with Crippen molar-refractivity contribution < 1.29 is 4.42 Å². The lowest BCUT2D eigenvalue weighted by molar-refractivity contribution is 0.559. The zero-order chi connectivity index (χ0) is 19.0. The first-order valence-electron chi connectivity index (χ1n) is 8.36. The van der Waals surface area contributed by atoms with Gasteiger partial charge in [-0.3, -0.25) is 0 Å². The first-order chi connectivity index (χ1) is 12.3. The van der Waals surface area contributed by atoms with Gasteiger partial charge in [0.15, 0.2) is 0 Å². The molecule has 0 amide bonds. The Balaban J connectivity index is 2.05. The van der Waals surface area contributed by atoms with Crippen LogP contribution >= 0.6 is 11.8 Å². The number of benzene rings is 1. The summed E-state index contributed by atoms with van der Waals surface area (Å²) in [5, 5.41) is 11.2. The van der Waals surface area contributed by atoms with E-state index in [1.165, 1.54) is 17.8 Å². The second kappa shape index (κ2) is 6.97. The Labute approximate surface area is 156 Å². The third kappa shape index (κ3) is 3.25. The minimum Gasteiger partial charge on any atom is -0.423 e. The zero-order valence-corrected chi connectivity index (χ0v) is 16.4. The van der Waals surface area contributed by atoms with E-state index in [0.717, 1.165) is 38.9 Å². The van der Waals surface area contributed by atoms with Gasteiger partial charge in [-0.05, 0) is 74.6 Å². The fourth-order valence-corrected chi connectivity index (χ4v) is 3.97. The Hall–Kier alpha value is -2.58. The average molecular weight is 364 g/mol. The summed E-state index contributed by atoms with van der Waals surface area (Å²) in [5.74, 6) is 0.550. The second-order valence-electron chi connectivity index (χ2n) is 6.55. The zero-order valence-electron chi connectivity index (χ0n) is 15.6. The summed E-state index contributed by atoms with van der Waals surface area (Å²) in [6.07, 6.45) is 0. The highest BCUT2D eigenvalue weighted by Gasteiger charge is 2.14. The van der Waals surface area contributed by atoms with Crippen molar-refractivity contribution in [3.8, 4) is 6.07 Å². The van der Waals surface area contributed by atoms with Gasteiger partial charge in [0.1, 0.15) is 16.7 Å². The molecule has 3 rings (SSSR count). The highest BCUT2D eigenvalue weighted by atomic mass is 32.2. The van der Waals surface area contributed by atoms with Gasteiger partial charge < -0.3 is 4.42 Å². The van der Waals surface area contributed by atoms with Crippen LogP contribution in [-0.2, 0) is 5.75 Å². The fourth-order valence-electron chi connectivity index (χ4n) is 2.90. The van der Waals surface area contributed by atoms with Gasteiger partial charge in [0.25, 0.3) is 0 Å². The molecule has 0 N–H and O–H groups in total. The number of rotatable bonds is 3. The molecule has 2 aromatic heterocycles. The molecule has 0 fully saturated rings. The summed E-state index contributed by atoms with van der Waals surface area (Å²) in [5.41, 5.74) is 6.91. The van der Waals surface area contributed by atoms with Gasteiger partial charge >= 0.3 is 5.63 Å². The van der Waals surface area contributed by atoms with Crippen molar-refractivity contribution in [2.24, 2.45) is 0 Å². The molecule has 0 saturated heterocycles. The lowest BCUT2D eigenvalue weighted by atomic mass is 10.0. The second-order valence-corrected chi connectivity index (χ2v) is 7.52. The molecule has 3 aromatic rings. The van der Waals surface area contributed by atoms with E-state index in [1.807, 2.05) is 46.8 Å². The summed E-state index contributed by atoms with van der Waals surface area (Å²) in [4.78, 5) is 16.5. The van der Waals surface area contributed by atoms with E-state index < -0.39 is 0 Å². The van der Waals surface area contributed by atoms with Crippen LogP contribution in [0.15, 0.2) is 32.4 Å². The van der Waals surface area contributed by atoms with E-state index >= 15 is 0 Å². The average Bonchev–Trinajstić information content (AvgIpc) is 2.59. The van der Waals surface area contributed by atoms with Crippen molar-refractivity contribution in [1.82, 2.24) is 4.98 Å². The molecule has 0 aliphatic heterocycles. The molecule has 26 heavy (non-hydrogen) atoms. The molecule has 0 bridgehead atoms. The van der Waals surface area contributed by atoms with Crippen LogP contribution in [-0.4, -0.2) is 4.98 Å². The van der Waals surface area contributed by atoms with E-state index in [1.54, 1.807) is 0 Å². The molecule has 0 unspecified atom stereocenters. The van der Waals surface area contributed by atoms with E-state index in [-0.39, 0.29) is 5.63 Å². The molecule has 0 atom stereocenters. The molecule has 0 radical (unpaired) electrons. The smallest absolute Gasteiger partial charge is 0.336 e. The molecule has 2 heterocycles. The van der Waals surface area contributed by atoms with E-state index in [2.05, 4.69) is 11.1 Å². The maximum atomic E-state index is 11.9. The van der Waals surface area contributed by atoms with Gasteiger partial charge in [-0.1, -0.05) is 0 Å². The van der Waals surface area contributed by atoms with Crippen LogP contribution in [0.4, 0.5) is 0 Å². The van der Waals surface area contributed by atoms with Crippen LogP contribution < -0.4 is 5.63 Å². The monoisotopic (exact) mass is 364 g/mol. The first-order valence-corrected chi connectivity index (χ1v) is 9.35. The van der Waals surface area contributed by atoms with Crippen LogP contribution in [0.2, 0.25) is 0 Å². The number of hydrogen-bond acceptors (Lipinski definition) is 5. The number of aryl methyl sites for hydroxylation is 3. The minimum absolute atomic E-state index is 0.360. The molecule has 5 heteroatoms. The van der Waals surface area contributed by atoms with Crippen molar-refractivity contribution in [1.29, 1.82) is 5.26 Å². The maximum Gasteiger partial charge on any atom is 0.336 e. The van der Waals surface area contributed by atoms with Crippen molar-refractivity contribution in [3.05, 3.63) is 67.7 Å². The summed E-state index contributed by atoms with van der Waals surface area (Å²) in [7, 11) is 0. The topological polar surface area (TPSA) is 66.9 Å². The minimum atomic E-state index is -0.360. The van der Waals surface area contributed by atoms with Crippen molar-refractivity contribution in [3.63, 3.8) is 0 Å². The molecule has 4 nitrogen and oxygen atoms in total. The fraction of sp³-hybridized carbons (Fsp3) is 0.286. The molecule has 0 spiro atoms. The van der Waals surface area contributed by atoms with Gasteiger partial charge in [0.2, 0.25) is 0 Å². The van der Waals surface area contributed by atoms with Gasteiger partial charge in [0, 0.05) is 22.9 Å². The Bertz CT molecular complexity index is 1120. The van der Waals surface area contributed by atoms with Crippen LogP contribution in [0.3, 0.4) is 0 Å². The van der Waals surface area contributed by atoms with E-state index in [0.29, 0.717) is 21.9 Å². The van der Waals surface area contributed by atoms with Crippen molar-refractivity contribution in [2.45, 2.75) is 45.4 Å². The lowest BCUT2D eigenvalue weighted by Gasteiger charge is -2.12. The number of hydrogen-bond donors (Lipinski definition) is 0. The normalized spacial score (nSPS) is 10.9. The first kappa shape index (κ1) is 18.2.